The first-order chi connectivity index (χ1) is 12.2. The fourth-order valence-corrected chi connectivity index (χ4v) is 4.14. The molecule has 0 unspecified atom stereocenters. The van der Waals surface area contributed by atoms with Gasteiger partial charge in [-0.2, -0.15) is 0 Å². The highest BCUT2D eigenvalue weighted by Crippen LogP contribution is 2.38. The first-order valence-electron chi connectivity index (χ1n) is 9.03. The minimum Gasteiger partial charge on any atom is -0.381 e. The molecular weight excluding hydrogens is 320 g/mol. The van der Waals surface area contributed by atoms with Crippen molar-refractivity contribution in [3.63, 3.8) is 0 Å². The second-order valence-corrected chi connectivity index (χ2v) is 7.06. The van der Waals surface area contributed by atoms with Crippen molar-refractivity contribution in [3.05, 3.63) is 35.4 Å². The van der Waals surface area contributed by atoms with Crippen LogP contribution in [0, 0.1) is 0 Å². The molecule has 0 atom stereocenters. The number of fused-ring (bicyclic) bond motifs is 1. The first-order valence-corrected chi connectivity index (χ1v) is 9.03. The summed E-state index contributed by atoms with van der Waals surface area (Å²) in [5, 5.41) is 0. The highest BCUT2D eigenvalue weighted by Gasteiger charge is 2.46. The van der Waals surface area contributed by atoms with Crippen molar-refractivity contribution in [2.75, 3.05) is 39.5 Å². The number of carbonyl (C=O) groups is 2. The number of carbonyl (C=O) groups excluding carboxylic acids is 2. The monoisotopic (exact) mass is 344 g/mol. The van der Waals surface area contributed by atoms with E-state index in [-0.39, 0.29) is 11.8 Å². The summed E-state index contributed by atoms with van der Waals surface area (Å²) >= 11 is 0. The molecule has 0 spiro atoms. The van der Waals surface area contributed by atoms with Gasteiger partial charge < -0.3 is 19.3 Å². The molecule has 3 aliphatic heterocycles. The molecule has 1 aromatic rings. The molecule has 0 saturated carbocycles. The lowest BCUT2D eigenvalue weighted by atomic mass is 9.84. The Balaban J connectivity index is 1.57. The van der Waals surface area contributed by atoms with Gasteiger partial charge in [0.1, 0.15) is 0 Å². The van der Waals surface area contributed by atoms with Crippen LogP contribution in [0.1, 0.15) is 35.2 Å². The Labute approximate surface area is 147 Å². The smallest absolute Gasteiger partial charge is 0.254 e. The van der Waals surface area contributed by atoms with Crippen molar-refractivity contribution in [2.24, 2.45) is 0 Å². The third kappa shape index (κ3) is 3.04. The van der Waals surface area contributed by atoms with Gasteiger partial charge in [0.15, 0.2) is 0 Å². The molecule has 6 heteroatoms. The van der Waals surface area contributed by atoms with E-state index in [0.717, 1.165) is 11.1 Å². The molecule has 0 aromatic heterocycles. The van der Waals surface area contributed by atoms with E-state index < -0.39 is 5.54 Å². The van der Waals surface area contributed by atoms with Gasteiger partial charge in [-0.3, -0.25) is 9.59 Å². The van der Waals surface area contributed by atoms with Crippen molar-refractivity contribution in [3.8, 4) is 0 Å². The zero-order valence-electron chi connectivity index (χ0n) is 14.4. The molecule has 134 valence electrons. The van der Waals surface area contributed by atoms with Gasteiger partial charge in [-0.15, -0.1) is 0 Å². The van der Waals surface area contributed by atoms with Crippen LogP contribution < -0.4 is 0 Å². The molecule has 0 N–H and O–H groups in total. The molecule has 3 heterocycles. The van der Waals surface area contributed by atoms with Gasteiger partial charge in [-0.05, 0) is 24.5 Å². The van der Waals surface area contributed by atoms with Crippen molar-refractivity contribution in [2.45, 2.75) is 31.3 Å². The standard InChI is InChI=1S/C19H24N2O4/c22-17(20-7-11-25-12-8-20)13-19(5-9-24-10-6-19)21-14-15-3-1-2-4-16(15)18(21)23/h1-4H,5-14H2. The molecule has 6 nitrogen and oxygen atoms in total. The lowest BCUT2D eigenvalue weighted by Crippen LogP contribution is -2.55. The average Bonchev–Trinajstić information content (AvgIpc) is 3.01. The van der Waals surface area contributed by atoms with Crippen LogP contribution in [0.5, 0.6) is 0 Å². The van der Waals surface area contributed by atoms with E-state index in [1.807, 2.05) is 34.1 Å². The van der Waals surface area contributed by atoms with Crippen LogP contribution in [0.2, 0.25) is 0 Å². The maximum atomic E-state index is 13.0. The Hall–Kier alpha value is -1.92. The molecule has 0 aliphatic carbocycles. The fraction of sp³-hybridized carbons (Fsp3) is 0.579. The molecule has 0 radical (unpaired) electrons. The Kier molecular flexibility index (Phi) is 4.48. The van der Waals surface area contributed by atoms with E-state index in [9.17, 15) is 9.59 Å². The summed E-state index contributed by atoms with van der Waals surface area (Å²) in [5.41, 5.74) is 1.38. The van der Waals surface area contributed by atoms with Gasteiger partial charge >= 0.3 is 0 Å². The number of hydrogen-bond donors (Lipinski definition) is 0. The second kappa shape index (κ2) is 6.77. The first kappa shape index (κ1) is 16.5. The normalized spacial score (nSPS) is 22.8. The number of morpholine rings is 1. The van der Waals surface area contributed by atoms with E-state index >= 15 is 0 Å². The van der Waals surface area contributed by atoms with Crippen molar-refractivity contribution in [1.82, 2.24) is 9.80 Å². The number of nitrogens with zero attached hydrogens (tertiary/aromatic N) is 2. The Morgan fingerprint density at radius 2 is 1.72 bits per heavy atom. The van der Waals surface area contributed by atoms with Crippen LogP contribution in [-0.2, 0) is 20.8 Å². The minimum atomic E-state index is -0.441. The lowest BCUT2D eigenvalue weighted by Gasteiger charge is -2.45. The molecule has 25 heavy (non-hydrogen) atoms. The Bertz CT molecular complexity index is 663. The second-order valence-electron chi connectivity index (χ2n) is 7.06. The third-order valence-corrected chi connectivity index (χ3v) is 5.66. The highest BCUT2D eigenvalue weighted by molar-refractivity contribution is 5.99. The molecule has 2 fully saturated rings. The van der Waals surface area contributed by atoms with Gasteiger partial charge in [0, 0.05) is 38.4 Å². The number of benzene rings is 1. The van der Waals surface area contributed by atoms with Gasteiger partial charge in [0.25, 0.3) is 5.91 Å². The largest absolute Gasteiger partial charge is 0.381 e. The van der Waals surface area contributed by atoms with E-state index in [0.29, 0.717) is 65.3 Å². The van der Waals surface area contributed by atoms with E-state index in [1.54, 1.807) is 0 Å². The molecule has 4 rings (SSSR count). The minimum absolute atomic E-state index is 0.0484. The van der Waals surface area contributed by atoms with Crippen molar-refractivity contribution < 1.29 is 19.1 Å². The maximum absolute atomic E-state index is 13.0. The van der Waals surface area contributed by atoms with Gasteiger partial charge in [0.05, 0.1) is 25.2 Å². The van der Waals surface area contributed by atoms with Crippen molar-refractivity contribution in [1.29, 1.82) is 0 Å². The predicted octanol–water partition coefficient (Wildman–Crippen LogP) is 1.44. The van der Waals surface area contributed by atoms with E-state index in [2.05, 4.69) is 0 Å². The SMILES string of the molecule is O=C(CC1(N2Cc3ccccc3C2=O)CCOCC1)N1CCOCC1. The van der Waals surface area contributed by atoms with Crippen LogP contribution in [0.3, 0.4) is 0 Å². The van der Waals surface area contributed by atoms with Crippen LogP contribution in [0.4, 0.5) is 0 Å². The lowest BCUT2D eigenvalue weighted by molar-refractivity contribution is -0.140. The van der Waals surface area contributed by atoms with Crippen LogP contribution in [0.25, 0.3) is 0 Å². The zero-order valence-corrected chi connectivity index (χ0v) is 14.4. The summed E-state index contributed by atoms with van der Waals surface area (Å²) in [6.07, 6.45) is 1.79. The van der Waals surface area contributed by atoms with Gasteiger partial charge in [-0.25, -0.2) is 0 Å². The summed E-state index contributed by atoms with van der Waals surface area (Å²) in [4.78, 5) is 29.7. The summed E-state index contributed by atoms with van der Waals surface area (Å²) in [5.74, 6) is 0.168. The average molecular weight is 344 g/mol. The molecule has 2 amide bonds. The molecule has 0 bridgehead atoms. The van der Waals surface area contributed by atoms with Crippen LogP contribution >= 0.6 is 0 Å². The Morgan fingerprint density at radius 3 is 2.44 bits per heavy atom. The van der Waals surface area contributed by atoms with Gasteiger partial charge in [-0.1, -0.05) is 18.2 Å². The third-order valence-electron chi connectivity index (χ3n) is 5.66. The molecule has 1 aromatic carbocycles. The Morgan fingerprint density at radius 1 is 1.04 bits per heavy atom. The quantitative estimate of drug-likeness (QED) is 0.833. The molecule has 3 aliphatic rings. The summed E-state index contributed by atoms with van der Waals surface area (Å²) in [6.45, 7) is 4.24. The maximum Gasteiger partial charge on any atom is 0.254 e. The summed E-state index contributed by atoms with van der Waals surface area (Å²) in [6, 6.07) is 7.75. The van der Waals surface area contributed by atoms with E-state index in [4.69, 9.17) is 9.47 Å². The van der Waals surface area contributed by atoms with E-state index in [1.165, 1.54) is 0 Å². The topological polar surface area (TPSA) is 59.1 Å². The number of amides is 2. The summed E-state index contributed by atoms with van der Waals surface area (Å²) < 4.78 is 10.9. The zero-order chi connectivity index (χ0) is 17.3. The predicted molar refractivity (Wildman–Crippen MR) is 91.1 cm³/mol. The fourth-order valence-electron chi connectivity index (χ4n) is 4.14. The van der Waals surface area contributed by atoms with Crippen molar-refractivity contribution >= 4 is 11.8 Å². The number of ether oxygens (including phenoxy) is 2. The number of hydrogen-bond acceptors (Lipinski definition) is 4. The molecular formula is C19H24N2O4. The molecule has 2 saturated heterocycles. The highest BCUT2D eigenvalue weighted by atomic mass is 16.5. The summed E-state index contributed by atoms with van der Waals surface area (Å²) in [7, 11) is 0. The van der Waals surface area contributed by atoms with Crippen LogP contribution in [0.15, 0.2) is 24.3 Å². The number of rotatable bonds is 3. The van der Waals surface area contributed by atoms with Gasteiger partial charge in [0.2, 0.25) is 5.91 Å². The van der Waals surface area contributed by atoms with Crippen LogP contribution in [-0.4, -0.2) is 66.7 Å².